The van der Waals surface area contributed by atoms with Crippen molar-refractivity contribution in [3.8, 4) is 0 Å². The van der Waals surface area contributed by atoms with Crippen molar-refractivity contribution >= 4 is 27.4 Å². The summed E-state index contributed by atoms with van der Waals surface area (Å²) in [6, 6.07) is 6.45. The number of amides is 1. The molecule has 2 aromatic rings. The van der Waals surface area contributed by atoms with Gasteiger partial charge in [0.25, 0.3) is 0 Å². The molecule has 0 spiro atoms. The molecule has 0 saturated carbocycles. The van der Waals surface area contributed by atoms with Crippen molar-refractivity contribution < 1.29 is 22.5 Å². The number of benzene rings is 1. The lowest BCUT2D eigenvalue weighted by atomic mass is 10.1. The summed E-state index contributed by atoms with van der Waals surface area (Å²) in [6.45, 7) is 4.43. The second kappa shape index (κ2) is 7.58. The summed E-state index contributed by atoms with van der Waals surface area (Å²) in [7, 11) is -3.79. The number of nitrogens with one attached hydrogen (secondary N) is 2. The summed E-state index contributed by atoms with van der Waals surface area (Å²) in [5, 5.41) is 6.24. The van der Waals surface area contributed by atoms with Crippen LogP contribution in [-0.4, -0.2) is 31.8 Å². The Labute approximate surface area is 145 Å². The Morgan fingerprint density at radius 1 is 1.16 bits per heavy atom. The minimum Gasteiger partial charge on any atom is -0.360 e. The van der Waals surface area contributed by atoms with Gasteiger partial charge in [-0.1, -0.05) is 5.16 Å². The Hall–Kier alpha value is -2.52. The summed E-state index contributed by atoms with van der Waals surface area (Å²) < 4.78 is 31.6. The average molecular weight is 365 g/mol. The largest absolute Gasteiger partial charge is 0.360 e. The van der Waals surface area contributed by atoms with Gasteiger partial charge in [-0.2, -0.15) is 0 Å². The van der Waals surface area contributed by atoms with E-state index in [9.17, 15) is 18.0 Å². The second-order valence-electron chi connectivity index (χ2n) is 5.48. The maximum atomic E-state index is 12.2. The van der Waals surface area contributed by atoms with E-state index in [0.717, 1.165) is 0 Å². The van der Waals surface area contributed by atoms with Crippen LogP contribution in [0.2, 0.25) is 0 Å². The molecule has 1 amide bonds. The second-order valence-corrected chi connectivity index (χ2v) is 7.19. The van der Waals surface area contributed by atoms with Gasteiger partial charge in [0.15, 0.2) is 11.5 Å². The lowest BCUT2D eigenvalue weighted by molar-refractivity contribution is -0.116. The topological polar surface area (TPSA) is 118 Å². The van der Waals surface area contributed by atoms with E-state index >= 15 is 0 Å². The van der Waals surface area contributed by atoms with Gasteiger partial charge in [0.2, 0.25) is 15.9 Å². The standard InChI is InChI=1S/C16H19N3O5S/c1-10-16(12(3)24-19-10)25(22,23)17-9-8-15(21)18-14-6-4-13(5-7-14)11(2)20/h4-7,17H,8-9H2,1-3H3,(H,18,21). The van der Waals surface area contributed by atoms with E-state index in [1.807, 2.05) is 0 Å². The van der Waals surface area contributed by atoms with Crippen molar-refractivity contribution in [1.82, 2.24) is 9.88 Å². The van der Waals surface area contributed by atoms with Crippen LogP contribution in [0.15, 0.2) is 33.7 Å². The first kappa shape index (κ1) is 18.8. The van der Waals surface area contributed by atoms with E-state index in [1.165, 1.54) is 20.8 Å². The monoisotopic (exact) mass is 365 g/mol. The number of Topliss-reactive ketones (excluding diaryl/α,β-unsaturated/α-hetero) is 1. The molecule has 1 aromatic carbocycles. The van der Waals surface area contributed by atoms with Crippen molar-refractivity contribution in [2.75, 3.05) is 11.9 Å². The van der Waals surface area contributed by atoms with Crippen molar-refractivity contribution in [1.29, 1.82) is 0 Å². The minimum atomic E-state index is -3.79. The number of carbonyl (C=O) groups excluding carboxylic acids is 2. The Bertz CT molecular complexity index is 865. The predicted molar refractivity (Wildman–Crippen MR) is 90.9 cm³/mol. The molecule has 25 heavy (non-hydrogen) atoms. The maximum Gasteiger partial charge on any atom is 0.245 e. The van der Waals surface area contributed by atoms with E-state index < -0.39 is 10.0 Å². The summed E-state index contributed by atoms with van der Waals surface area (Å²) in [5.74, 6) is -0.219. The molecule has 134 valence electrons. The van der Waals surface area contributed by atoms with E-state index in [2.05, 4.69) is 15.2 Å². The molecule has 0 atom stereocenters. The van der Waals surface area contributed by atoms with Gasteiger partial charge < -0.3 is 9.84 Å². The first-order chi connectivity index (χ1) is 11.7. The Kier molecular flexibility index (Phi) is 5.70. The Balaban J connectivity index is 1.89. The van der Waals surface area contributed by atoms with Gasteiger partial charge in [-0.3, -0.25) is 9.59 Å². The zero-order valence-corrected chi connectivity index (χ0v) is 14.9. The van der Waals surface area contributed by atoms with Crippen LogP contribution in [0.25, 0.3) is 0 Å². The molecule has 0 unspecified atom stereocenters. The predicted octanol–water partition coefficient (Wildman–Crippen LogP) is 1.80. The third kappa shape index (κ3) is 4.74. The summed E-state index contributed by atoms with van der Waals surface area (Å²) in [4.78, 5) is 23.1. The van der Waals surface area contributed by atoms with Gasteiger partial charge >= 0.3 is 0 Å². The Morgan fingerprint density at radius 3 is 2.32 bits per heavy atom. The summed E-state index contributed by atoms with van der Waals surface area (Å²) in [5.41, 5.74) is 1.34. The van der Waals surface area contributed by atoms with E-state index in [4.69, 9.17) is 4.52 Å². The number of aryl methyl sites for hydroxylation is 2. The van der Waals surface area contributed by atoms with Gasteiger partial charge in [0.05, 0.1) is 0 Å². The van der Waals surface area contributed by atoms with E-state index in [0.29, 0.717) is 11.3 Å². The zero-order valence-electron chi connectivity index (χ0n) is 14.1. The van der Waals surface area contributed by atoms with Gasteiger partial charge in [0, 0.05) is 24.2 Å². The number of sulfonamides is 1. The highest BCUT2D eigenvalue weighted by molar-refractivity contribution is 7.89. The molecule has 0 bridgehead atoms. The van der Waals surface area contributed by atoms with Crippen LogP contribution < -0.4 is 10.0 Å². The SMILES string of the molecule is CC(=O)c1ccc(NC(=O)CCNS(=O)(=O)c2c(C)noc2C)cc1. The van der Waals surface area contributed by atoms with Crippen LogP contribution in [0.5, 0.6) is 0 Å². The molecule has 1 heterocycles. The zero-order chi connectivity index (χ0) is 18.6. The molecule has 0 aliphatic carbocycles. The van der Waals surface area contributed by atoms with Crippen molar-refractivity contribution in [3.63, 3.8) is 0 Å². The highest BCUT2D eigenvalue weighted by atomic mass is 32.2. The number of hydrogen-bond acceptors (Lipinski definition) is 6. The summed E-state index contributed by atoms with van der Waals surface area (Å²) in [6.07, 6.45) is -0.0446. The molecule has 0 saturated heterocycles. The number of rotatable bonds is 7. The highest BCUT2D eigenvalue weighted by Crippen LogP contribution is 2.18. The Morgan fingerprint density at radius 2 is 1.80 bits per heavy atom. The molecule has 9 heteroatoms. The molecule has 2 rings (SSSR count). The van der Waals surface area contributed by atoms with Crippen LogP contribution in [0, 0.1) is 13.8 Å². The number of carbonyl (C=O) groups is 2. The van der Waals surface area contributed by atoms with Crippen molar-refractivity contribution in [2.45, 2.75) is 32.1 Å². The highest BCUT2D eigenvalue weighted by Gasteiger charge is 2.23. The van der Waals surface area contributed by atoms with Crippen molar-refractivity contribution in [2.24, 2.45) is 0 Å². The number of nitrogens with zero attached hydrogens (tertiary/aromatic N) is 1. The molecule has 1 aromatic heterocycles. The van der Waals surface area contributed by atoms with Gasteiger partial charge in [-0.25, -0.2) is 13.1 Å². The van der Waals surface area contributed by atoms with Crippen LogP contribution in [0.1, 0.15) is 35.2 Å². The van der Waals surface area contributed by atoms with Gasteiger partial charge in [-0.05, 0) is 45.0 Å². The molecular weight excluding hydrogens is 346 g/mol. The smallest absolute Gasteiger partial charge is 0.245 e. The molecule has 8 nitrogen and oxygen atoms in total. The minimum absolute atomic E-state index is 0.00673. The number of aromatic nitrogens is 1. The average Bonchev–Trinajstić information content (AvgIpc) is 2.87. The molecule has 0 aliphatic heterocycles. The lowest BCUT2D eigenvalue weighted by Gasteiger charge is -2.07. The van der Waals surface area contributed by atoms with Crippen LogP contribution in [0.4, 0.5) is 5.69 Å². The molecule has 0 fully saturated rings. The fourth-order valence-corrected chi connectivity index (χ4v) is 3.60. The van der Waals surface area contributed by atoms with Gasteiger partial charge in [-0.15, -0.1) is 0 Å². The molecular formula is C16H19N3O5S. The molecule has 0 aliphatic rings. The number of ketones is 1. The quantitative estimate of drug-likeness (QED) is 0.722. The summed E-state index contributed by atoms with van der Waals surface area (Å²) >= 11 is 0. The normalized spacial score (nSPS) is 11.3. The molecule has 2 N–H and O–H groups in total. The maximum absolute atomic E-state index is 12.2. The first-order valence-electron chi connectivity index (χ1n) is 7.54. The van der Waals surface area contributed by atoms with Gasteiger partial charge in [0.1, 0.15) is 10.6 Å². The number of anilines is 1. The fraction of sp³-hybridized carbons (Fsp3) is 0.312. The lowest BCUT2D eigenvalue weighted by Crippen LogP contribution is -2.28. The molecule has 0 radical (unpaired) electrons. The van der Waals surface area contributed by atoms with Crippen LogP contribution in [-0.2, 0) is 14.8 Å². The fourth-order valence-electron chi connectivity index (χ4n) is 2.24. The van der Waals surface area contributed by atoms with Crippen molar-refractivity contribution in [3.05, 3.63) is 41.3 Å². The third-order valence-corrected chi connectivity index (χ3v) is 5.16. The van der Waals surface area contributed by atoms with E-state index in [1.54, 1.807) is 24.3 Å². The van der Waals surface area contributed by atoms with E-state index in [-0.39, 0.29) is 41.0 Å². The first-order valence-corrected chi connectivity index (χ1v) is 9.02. The third-order valence-electron chi connectivity index (χ3n) is 3.46. The van der Waals surface area contributed by atoms with Crippen LogP contribution >= 0.6 is 0 Å². The van der Waals surface area contributed by atoms with Crippen LogP contribution in [0.3, 0.4) is 0 Å². The number of hydrogen-bond donors (Lipinski definition) is 2.